The average Bonchev–Trinajstić information content (AvgIpc) is 2.59. The second-order valence-corrected chi connectivity index (χ2v) is 6.23. The summed E-state index contributed by atoms with van der Waals surface area (Å²) in [5.41, 5.74) is 2.52. The normalized spacial score (nSPS) is 10.4. The minimum atomic E-state index is -0.115. The van der Waals surface area contributed by atoms with Gasteiger partial charge in [0.05, 0.1) is 0 Å². The summed E-state index contributed by atoms with van der Waals surface area (Å²) >= 11 is 6.17. The van der Waals surface area contributed by atoms with Crippen LogP contribution in [-0.4, -0.2) is 24.9 Å². The van der Waals surface area contributed by atoms with Crippen molar-refractivity contribution in [2.75, 3.05) is 22.9 Å². The van der Waals surface area contributed by atoms with Crippen molar-refractivity contribution in [3.63, 3.8) is 0 Å². The first kappa shape index (κ1) is 19.0. The van der Waals surface area contributed by atoms with Crippen LogP contribution in [0, 0.1) is 6.92 Å². The van der Waals surface area contributed by atoms with E-state index >= 15 is 0 Å². The Bertz CT molecular complexity index is 747. The molecule has 0 aliphatic heterocycles. The molecule has 0 aromatic heterocycles. The topological polar surface area (TPSA) is 40.6 Å². The van der Waals surface area contributed by atoms with Gasteiger partial charge in [-0.25, -0.2) is 0 Å². The zero-order chi connectivity index (χ0) is 18.4. The van der Waals surface area contributed by atoms with Crippen LogP contribution >= 0.6 is 11.6 Å². The van der Waals surface area contributed by atoms with Crippen molar-refractivity contribution in [2.24, 2.45) is 0 Å². The lowest BCUT2D eigenvalue weighted by molar-refractivity contribution is -0.118. The van der Waals surface area contributed by atoms with Gasteiger partial charge in [-0.05, 0) is 43.7 Å². The third kappa shape index (κ3) is 4.83. The zero-order valence-electron chi connectivity index (χ0n) is 14.8. The molecule has 0 aliphatic carbocycles. The van der Waals surface area contributed by atoms with Gasteiger partial charge in [-0.3, -0.25) is 9.59 Å². The van der Waals surface area contributed by atoms with Crippen molar-refractivity contribution in [1.82, 2.24) is 0 Å². The molecule has 5 heteroatoms. The minimum absolute atomic E-state index is 0.0156. The molecule has 2 aromatic carbocycles. The van der Waals surface area contributed by atoms with E-state index in [9.17, 15) is 9.59 Å². The number of amides is 2. The molecule has 25 heavy (non-hydrogen) atoms. The molecular formula is C20H23ClN2O2. The van der Waals surface area contributed by atoms with E-state index in [2.05, 4.69) is 0 Å². The van der Waals surface area contributed by atoms with Crippen LogP contribution in [-0.2, 0) is 9.59 Å². The number of rotatable bonds is 6. The summed E-state index contributed by atoms with van der Waals surface area (Å²) in [6.07, 6.45) is 0.244. The van der Waals surface area contributed by atoms with Gasteiger partial charge >= 0.3 is 0 Å². The van der Waals surface area contributed by atoms with Gasteiger partial charge in [-0.1, -0.05) is 35.9 Å². The van der Waals surface area contributed by atoms with Gasteiger partial charge in [-0.15, -0.1) is 0 Å². The number of hydrogen-bond acceptors (Lipinski definition) is 2. The lowest BCUT2D eigenvalue weighted by Gasteiger charge is -2.25. The second kappa shape index (κ2) is 8.67. The number of anilines is 2. The van der Waals surface area contributed by atoms with E-state index in [1.165, 1.54) is 6.92 Å². The number of aryl methyl sites for hydroxylation is 1. The van der Waals surface area contributed by atoms with Gasteiger partial charge in [-0.2, -0.15) is 0 Å². The first-order valence-electron chi connectivity index (χ1n) is 8.33. The Morgan fingerprint density at radius 1 is 1.00 bits per heavy atom. The molecule has 0 saturated carbocycles. The Morgan fingerprint density at radius 2 is 1.68 bits per heavy atom. The molecule has 0 bridgehead atoms. The van der Waals surface area contributed by atoms with E-state index in [4.69, 9.17) is 11.6 Å². The third-order valence-corrected chi connectivity index (χ3v) is 4.49. The van der Waals surface area contributed by atoms with E-state index in [1.807, 2.05) is 56.3 Å². The van der Waals surface area contributed by atoms with Crippen LogP contribution in [0.25, 0.3) is 0 Å². The number of halogens is 1. The molecule has 0 heterocycles. The molecule has 2 amide bonds. The standard InChI is InChI=1S/C20H23ClN2O2/c1-4-22(17-8-6-5-7-9-17)20(25)12-13-23(16(3)24)18-11-10-15(2)19(21)14-18/h5-11,14H,4,12-13H2,1-3H3. The monoisotopic (exact) mass is 358 g/mol. The van der Waals surface area contributed by atoms with Crippen molar-refractivity contribution in [3.8, 4) is 0 Å². The van der Waals surface area contributed by atoms with E-state index in [0.717, 1.165) is 11.3 Å². The molecule has 0 saturated heterocycles. The Balaban J connectivity index is 2.11. The van der Waals surface area contributed by atoms with Gasteiger partial charge in [0.1, 0.15) is 0 Å². The molecule has 0 aliphatic rings. The summed E-state index contributed by atoms with van der Waals surface area (Å²) in [5.74, 6) is -0.131. The average molecular weight is 359 g/mol. The predicted molar refractivity (Wildman–Crippen MR) is 103 cm³/mol. The van der Waals surface area contributed by atoms with Gasteiger partial charge < -0.3 is 9.80 Å². The maximum Gasteiger partial charge on any atom is 0.228 e. The Morgan fingerprint density at radius 3 is 2.24 bits per heavy atom. The maximum atomic E-state index is 12.6. The van der Waals surface area contributed by atoms with Crippen molar-refractivity contribution >= 4 is 34.8 Å². The Labute approximate surface area is 154 Å². The highest BCUT2D eigenvalue weighted by atomic mass is 35.5. The lowest BCUT2D eigenvalue weighted by Crippen LogP contribution is -2.36. The number of benzene rings is 2. The number of carbonyl (C=O) groups excluding carboxylic acids is 2. The molecular weight excluding hydrogens is 336 g/mol. The van der Waals surface area contributed by atoms with Gasteiger partial charge in [0.15, 0.2) is 0 Å². The summed E-state index contributed by atoms with van der Waals surface area (Å²) in [4.78, 5) is 27.9. The molecule has 0 unspecified atom stereocenters. The summed E-state index contributed by atoms with van der Waals surface area (Å²) in [6, 6.07) is 15.0. The minimum Gasteiger partial charge on any atom is -0.313 e. The highest BCUT2D eigenvalue weighted by molar-refractivity contribution is 6.31. The van der Waals surface area contributed by atoms with Crippen LogP contribution in [0.3, 0.4) is 0 Å². The molecule has 0 N–H and O–H groups in total. The predicted octanol–water partition coefficient (Wildman–Crippen LogP) is 4.44. The highest BCUT2D eigenvalue weighted by Crippen LogP contribution is 2.24. The van der Waals surface area contributed by atoms with E-state index in [-0.39, 0.29) is 18.2 Å². The van der Waals surface area contributed by atoms with Crippen molar-refractivity contribution in [1.29, 1.82) is 0 Å². The van der Waals surface area contributed by atoms with Crippen LogP contribution in [0.4, 0.5) is 11.4 Å². The SMILES string of the molecule is CCN(C(=O)CCN(C(C)=O)c1ccc(C)c(Cl)c1)c1ccccc1. The van der Waals surface area contributed by atoms with Crippen LogP contribution in [0.15, 0.2) is 48.5 Å². The van der Waals surface area contributed by atoms with Crippen LogP contribution in [0.1, 0.15) is 25.8 Å². The fourth-order valence-electron chi connectivity index (χ4n) is 2.67. The second-order valence-electron chi connectivity index (χ2n) is 5.83. The van der Waals surface area contributed by atoms with Crippen molar-refractivity contribution < 1.29 is 9.59 Å². The molecule has 132 valence electrons. The van der Waals surface area contributed by atoms with Crippen LogP contribution in [0.5, 0.6) is 0 Å². The van der Waals surface area contributed by atoms with Crippen molar-refractivity contribution in [3.05, 3.63) is 59.1 Å². The van der Waals surface area contributed by atoms with Gasteiger partial charge in [0.25, 0.3) is 0 Å². The lowest BCUT2D eigenvalue weighted by atomic mass is 10.2. The molecule has 0 fully saturated rings. The Hall–Kier alpha value is -2.33. The summed E-state index contributed by atoms with van der Waals surface area (Å²) < 4.78 is 0. The summed E-state index contributed by atoms with van der Waals surface area (Å²) in [6.45, 7) is 6.24. The first-order chi connectivity index (χ1) is 11.9. The summed E-state index contributed by atoms with van der Waals surface area (Å²) in [5, 5.41) is 0.606. The molecule has 2 aromatic rings. The van der Waals surface area contributed by atoms with Gasteiger partial charge in [0, 0.05) is 42.8 Å². The maximum absolute atomic E-state index is 12.6. The van der Waals surface area contributed by atoms with E-state index in [0.29, 0.717) is 23.8 Å². The number of hydrogen-bond donors (Lipinski definition) is 0. The number of para-hydroxylation sites is 1. The zero-order valence-corrected chi connectivity index (χ0v) is 15.6. The number of carbonyl (C=O) groups is 2. The van der Waals surface area contributed by atoms with Crippen molar-refractivity contribution in [2.45, 2.75) is 27.2 Å². The molecule has 0 radical (unpaired) electrons. The van der Waals surface area contributed by atoms with Crippen LogP contribution < -0.4 is 9.80 Å². The Kier molecular flexibility index (Phi) is 6.59. The smallest absolute Gasteiger partial charge is 0.228 e. The van der Waals surface area contributed by atoms with Crippen LogP contribution in [0.2, 0.25) is 5.02 Å². The number of nitrogens with zero attached hydrogens (tertiary/aromatic N) is 2. The summed E-state index contributed by atoms with van der Waals surface area (Å²) in [7, 11) is 0. The quantitative estimate of drug-likeness (QED) is 0.765. The molecule has 2 rings (SSSR count). The highest BCUT2D eigenvalue weighted by Gasteiger charge is 2.18. The molecule has 0 atom stereocenters. The van der Waals surface area contributed by atoms with E-state index in [1.54, 1.807) is 15.9 Å². The third-order valence-electron chi connectivity index (χ3n) is 4.08. The molecule has 4 nitrogen and oxygen atoms in total. The van der Waals surface area contributed by atoms with E-state index < -0.39 is 0 Å². The van der Waals surface area contributed by atoms with Gasteiger partial charge in [0.2, 0.25) is 11.8 Å². The first-order valence-corrected chi connectivity index (χ1v) is 8.71. The fraction of sp³-hybridized carbons (Fsp3) is 0.300. The fourth-order valence-corrected chi connectivity index (χ4v) is 2.85. The largest absolute Gasteiger partial charge is 0.313 e. The molecule has 0 spiro atoms.